The van der Waals surface area contributed by atoms with Gasteiger partial charge in [-0.15, -0.1) is 0 Å². The van der Waals surface area contributed by atoms with Gasteiger partial charge in [0.1, 0.15) is 0 Å². The molecule has 0 radical (unpaired) electrons. The summed E-state index contributed by atoms with van der Waals surface area (Å²) in [5.41, 5.74) is 0. The molecule has 3 atom stereocenters. The minimum atomic E-state index is -4.43. The Kier molecular flexibility index (Phi) is 2.95. The number of ether oxygens (including phenoxy) is 1. The Bertz CT molecular complexity index is 309. The Labute approximate surface area is 91.5 Å². The van der Waals surface area contributed by atoms with Crippen molar-refractivity contribution in [1.29, 1.82) is 0 Å². The zero-order valence-electron chi connectivity index (χ0n) is 8.67. The first-order valence-electron chi connectivity index (χ1n) is 5.37. The number of esters is 1. The maximum Gasteiger partial charge on any atom is 0.422 e. The molecular weight excluding hydrogens is 221 g/mol. The van der Waals surface area contributed by atoms with Crippen molar-refractivity contribution in [2.45, 2.75) is 25.4 Å². The van der Waals surface area contributed by atoms with E-state index in [1.165, 1.54) is 0 Å². The van der Waals surface area contributed by atoms with Gasteiger partial charge in [-0.2, -0.15) is 13.2 Å². The number of alkyl halides is 3. The summed E-state index contributed by atoms with van der Waals surface area (Å²) < 4.78 is 39.9. The van der Waals surface area contributed by atoms with Crippen LogP contribution in [0, 0.1) is 17.8 Å². The van der Waals surface area contributed by atoms with Gasteiger partial charge in [0.2, 0.25) is 0 Å². The predicted octanol–water partition coefficient (Wildman–Crippen LogP) is 2.69. The van der Waals surface area contributed by atoms with Crippen LogP contribution in [0.25, 0.3) is 0 Å². The Balaban J connectivity index is 1.89. The number of halogens is 3. The molecule has 16 heavy (non-hydrogen) atoms. The summed E-state index contributed by atoms with van der Waals surface area (Å²) in [5, 5.41) is 0. The highest BCUT2D eigenvalue weighted by Gasteiger charge is 2.39. The van der Waals surface area contributed by atoms with Crippen LogP contribution in [0.5, 0.6) is 0 Å². The Morgan fingerprint density at radius 2 is 2.06 bits per heavy atom. The van der Waals surface area contributed by atoms with E-state index in [1.807, 2.05) is 6.08 Å². The first kappa shape index (κ1) is 11.5. The molecule has 2 nitrogen and oxygen atoms in total. The molecule has 0 N–H and O–H groups in total. The SMILES string of the molecule is O=C(OCC(F)(F)F)[C@@H]1C[C@@H]2C=C[C@H]1CC2. The lowest BCUT2D eigenvalue weighted by Gasteiger charge is -2.36. The van der Waals surface area contributed by atoms with Crippen LogP contribution in [-0.4, -0.2) is 18.8 Å². The Morgan fingerprint density at radius 3 is 2.50 bits per heavy atom. The highest BCUT2D eigenvalue weighted by atomic mass is 19.4. The normalized spacial score (nSPS) is 32.8. The summed E-state index contributed by atoms with van der Waals surface area (Å²) in [5.74, 6) is -0.651. The predicted molar refractivity (Wildman–Crippen MR) is 50.5 cm³/mol. The summed E-state index contributed by atoms with van der Waals surface area (Å²) in [4.78, 5) is 11.5. The fraction of sp³-hybridized carbons (Fsp3) is 0.727. The number of fused-ring (bicyclic) bond motifs is 2. The van der Waals surface area contributed by atoms with Crippen LogP contribution in [-0.2, 0) is 9.53 Å². The van der Waals surface area contributed by atoms with Crippen LogP contribution < -0.4 is 0 Å². The Morgan fingerprint density at radius 1 is 1.31 bits per heavy atom. The molecule has 3 rings (SSSR count). The van der Waals surface area contributed by atoms with E-state index >= 15 is 0 Å². The van der Waals surface area contributed by atoms with Crippen LogP contribution in [0.3, 0.4) is 0 Å². The standard InChI is InChI=1S/C11H13F3O2/c12-11(13,14)6-16-10(15)9-5-7-1-3-8(9)4-2-7/h1,3,7-9H,2,4-6H2/t7-,8+,9-/m1/s1. The van der Waals surface area contributed by atoms with Gasteiger partial charge < -0.3 is 4.74 Å². The van der Waals surface area contributed by atoms with E-state index in [0.29, 0.717) is 12.3 Å². The van der Waals surface area contributed by atoms with E-state index in [9.17, 15) is 18.0 Å². The molecule has 2 bridgehead atoms. The third-order valence-corrected chi connectivity index (χ3v) is 3.26. The molecule has 0 saturated heterocycles. The molecular formula is C11H13F3O2. The molecule has 0 aliphatic heterocycles. The average Bonchev–Trinajstić information content (AvgIpc) is 2.26. The second-order valence-electron chi connectivity index (χ2n) is 4.45. The fourth-order valence-corrected chi connectivity index (χ4v) is 2.46. The van der Waals surface area contributed by atoms with Gasteiger partial charge in [0.05, 0.1) is 5.92 Å². The first-order chi connectivity index (χ1) is 7.46. The minimum Gasteiger partial charge on any atom is -0.456 e. The molecule has 3 aliphatic rings. The molecule has 0 aromatic carbocycles. The van der Waals surface area contributed by atoms with Gasteiger partial charge in [-0.05, 0) is 31.1 Å². The van der Waals surface area contributed by atoms with Crippen molar-refractivity contribution in [3.05, 3.63) is 12.2 Å². The average molecular weight is 234 g/mol. The minimum absolute atomic E-state index is 0.0748. The molecule has 5 heteroatoms. The number of carbonyl (C=O) groups is 1. The van der Waals surface area contributed by atoms with Crippen molar-refractivity contribution in [1.82, 2.24) is 0 Å². The summed E-state index contributed by atoms with van der Waals surface area (Å²) in [6, 6.07) is 0. The summed E-state index contributed by atoms with van der Waals surface area (Å²) in [6.45, 7) is -1.47. The second kappa shape index (κ2) is 4.11. The van der Waals surface area contributed by atoms with Crippen LogP contribution in [0.1, 0.15) is 19.3 Å². The molecule has 3 aliphatic carbocycles. The lowest BCUT2D eigenvalue weighted by molar-refractivity contribution is -0.191. The van der Waals surface area contributed by atoms with Gasteiger partial charge in [-0.1, -0.05) is 12.2 Å². The third kappa shape index (κ3) is 2.57. The quantitative estimate of drug-likeness (QED) is 0.542. The third-order valence-electron chi connectivity index (χ3n) is 3.26. The van der Waals surface area contributed by atoms with Crippen LogP contribution in [0.15, 0.2) is 12.2 Å². The maximum atomic E-state index is 11.9. The van der Waals surface area contributed by atoms with Crippen LogP contribution >= 0.6 is 0 Å². The van der Waals surface area contributed by atoms with Gasteiger partial charge in [0.15, 0.2) is 6.61 Å². The van der Waals surface area contributed by atoms with Gasteiger partial charge in [-0.3, -0.25) is 4.79 Å². The molecule has 0 amide bonds. The molecule has 1 fully saturated rings. The van der Waals surface area contributed by atoms with Crippen molar-refractivity contribution < 1.29 is 22.7 Å². The zero-order valence-corrected chi connectivity index (χ0v) is 8.67. The van der Waals surface area contributed by atoms with Crippen molar-refractivity contribution in [2.24, 2.45) is 17.8 Å². The van der Waals surface area contributed by atoms with E-state index < -0.39 is 18.8 Å². The molecule has 0 spiro atoms. The van der Waals surface area contributed by atoms with Crippen molar-refractivity contribution in [3.8, 4) is 0 Å². The highest BCUT2D eigenvalue weighted by molar-refractivity contribution is 5.73. The van der Waals surface area contributed by atoms with E-state index in [4.69, 9.17) is 0 Å². The number of hydrogen-bond acceptors (Lipinski definition) is 2. The van der Waals surface area contributed by atoms with Gasteiger partial charge in [0.25, 0.3) is 0 Å². The van der Waals surface area contributed by atoms with Crippen LogP contribution in [0.2, 0.25) is 0 Å². The van der Waals surface area contributed by atoms with Crippen molar-refractivity contribution in [2.75, 3.05) is 6.61 Å². The monoisotopic (exact) mass is 234 g/mol. The molecule has 0 aromatic heterocycles. The molecule has 90 valence electrons. The van der Waals surface area contributed by atoms with E-state index in [1.54, 1.807) is 0 Å². The number of carbonyl (C=O) groups excluding carboxylic acids is 1. The smallest absolute Gasteiger partial charge is 0.422 e. The topological polar surface area (TPSA) is 26.3 Å². The first-order valence-corrected chi connectivity index (χ1v) is 5.37. The largest absolute Gasteiger partial charge is 0.456 e. The van der Waals surface area contributed by atoms with E-state index in [0.717, 1.165) is 12.8 Å². The Hall–Kier alpha value is -1.00. The number of allylic oxidation sites excluding steroid dienone is 2. The molecule has 0 heterocycles. The van der Waals surface area contributed by atoms with E-state index in [2.05, 4.69) is 10.8 Å². The molecule has 1 saturated carbocycles. The maximum absolute atomic E-state index is 11.9. The molecule has 0 aromatic rings. The lowest BCUT2D eigenvalue weighted by atomic mass is 9.69. The summed E-state index contributed by atoms with van der Waals surface area (Å²) in [6.07, 6.45) is 2.12. The lowest BCUT2D eigenvalue weighted by Crippen LogP contribution is -2.35. The second-order valence-corrected chi connectivity index (χ2v) is 4.45. The van der Waals surface area contributed by atoms with Gasteiger partial charge >= 0.3 is 12.1 Å². The number of hydrogen-bond donors (Lipinski definition) is 0. The van der Waals surface area contributed by atoms with Crippen molar-refractivity contribution >= 4 is 5.97 Å². The summed E-state index contributed by atoms with van der Waals surface area (Å²) >= 11 is 0. The van der Waals surface area contributed by atoms with Crippen LogP contribution in [0.4, 0.5) is 13.2 Å². The number of rotatable bonds is 2. The van der Waals surface area contributed by atoms with Gasteiger partial charge in [-0.25, -0.2) is 0 Å². The van der Waals surface area contributed by atoms with Gasteiger partial charge in [0, 0.05) is 0 Å². The summed E-state index contributed by atoms with van der Waals surface area (Å²) in [7, 11) is 0. The van der Waals surface area contributed by atoms with E-state index in [-0.39, 0.29) is 11.8 Å². The fourth-order valence-electron chi connectivity index (χ4n) is 2.46. The molecule has 0 unspecified atom stereocenters. The zero-order chi connectivity index (χ0) is 11.8. The van der Waals surface area contributed by atoms with Crippen molar-refractivity contribution in [3.63, 3.8) is 0 Å². The highest BCUT2D eigenvalue weighted by Crippen LogP contribution is 2.41.